The Balaban J connectivity index is 1.54. The number of aryl methyl sites for hydroxylation is 1. The van der Waals surface area contributed by atoms with Crippen LogP contribution in [0.2, 0.25) is 0 Å². The fourth-order valence-corrected chi connectivity index (χ4v) is 2.52. The highest BCUT2D eigenvalue weighted by atomic mass is 16.5. The number of carbonyl (C=O) groups excluding carboxylic acids is 1. The van der Waals surface area contributed by atoms with Crippen LogP contribution in [0.1, 0.15) is 18.1 Å². The zero-order valence-electron chi connectivity index (χ0n) is 14.1. The smallest absolute Gasteiger partial charge is 0.277 e. The van der Waals surface area contributed by atoms with Crippen LogP contribution in [-0.2, 0) is 11.2 Å². The maximum absolute atomic E-state index is 11.9. The Morgan fingerprint density at radius 1 is 1.04 bits per heavy atom. The molecule has 3 aromatic rings. The lowest BCUT2D eigenvalue weighted by atomic mass is 10.1. The highest BCUT2D eigenvalue weighted by Crippen LogP contribution is 2.24. The molecule has 25 heavy (non-hydrogen) atoms. The van der Waals surface area contributed by atoms with Gasteiger partial charge < -0.3 is 4.74 Å². The van der Waals surface area contributed by atoms with Crippen molar-refractivity contribution in [2.45, 2.75) is 13.3 Å². The summed E-state index contributed by atoms with van der Waals surface area (Å²) in [5.74, 6) is 0.391. The molecule has 126 valence electrons. The molecule has 3 aromatic carbocycles. The van der Waals surface area contributed by atoms with Gasteiger partial charge >= 0.3 is 0 Å². The first-order chi connectivity index (χ1) is 12.3. The predicted molar refractivity (Wildman–Crippen MR) is 101 cm³/mol. The maximum atomic E-state index is 11.9. The van der Waals surface area contributed by atoms with Gasteiger partial charge in [-0.3, -0.25) is 4.79 Å². The van der Waals surface area contributed by atoms with E-state index >= 15 is 0 Å². The molecule has 0 fully saturated rings. The molecular formula is C21H20N2O2. The van der Waals surface area contributed by atoms with E-state index in [0.717, 1.165) is 22.8 Å². The molecule has 0 bridgehead atoms. The number of fused-ring (bicyclic) bond motifs is 1. The van der Waals surface area contributed by atoms with Crippen LogP contribution < -0.4 is 10.2 Å². The normalized spacial score (nSPS) is 10.9. The van der Waals surface area contributed by atoms with Crippen molar-refractivity contribution >= 4 is 22.9 Å². The summed E-state index contributed by atoms with van der Waals surface area (Å²) >= 11 is 0. The lowest BCUT2D eigenvalue weighted by Crippen LogP contribution is -2.24. The quantitative estimate of drug-likeness (QED) is 0.549. The molecule has 0 radical (unpaired) electrons. The number of hydrazone groups is 1. The van der Waals surface area contributed by atoms with E-state index in [2.05, 4.69) is 17.5 Å². The number of benzene rings is 3. The van der Waals surface area contributed by atoms with Gasteiger partial charge in [-0.15, -0.1) is 0 Å². The SMILES string of the molecule is CCc1ccc(/C=N/NC(=O)COc2cccc3ccccc23)cc1. The molecule has 0 heterocycles. The van der Waals surface area contributed by atoms with Crippen LogP contribution in [-0.4, -0.2) is 18.7 Å². The van der Waals surface area contributed by atoms with Crippen molar-refractivity contribution in [3.05, 3.63) is 77.9 Å². The Kier molecular flexibility index (Phi) is 5.42. The third-order valence-electron chi connectivity index (χ3n) is 3.90. The summed E-state index contributed by atoms with van der Waals surface area (Å²) < 4.78 is 5.63. The summed E-state index contributed by atoms with van der Waals surface area (Å²) in [6, 6.07) is 21.7. The van der Waals surface area contributed by atoms with Crippen molar-refractivity contribution in [2.75, 3.05) is 6.61 Å². The van der Waals surface area contributed by atoms with Gasteiger partial charge in [0.15, 0.2) is 6.61 Å². The van der Waals surface area contributed by atoms with Gasteiger partial charge in [0.1, 0.15) is 5.75 Å². The van der Waals surface area contributed by atoms with Crippen molar-refractivity contribution in [2.24, 2.45) is 5.10 Å². The molecule has 3 rings (SSSR count). The molecule has 1 N–H and O–H groups in total. The van der Waals surface area contributed by atoms with Crippen molar-refractivity contribution < 1.29 is 9.53 Å². The molecule has 0 aliphatic carbocycles. The monoisotopic (exact) mass is 332 g/mol. The van der Waals surface area contributed by atoms with Gasteiger partial charge in [0.2, 0.25) is 0 Å². The molecule has 0 aliphatic heterocycles. The molecule has 0 saturated carbocycles. The number of nitrogens with zero attached hydrogens (tertiary/aromatic N) is 1. The van der Waals surface area contributed by atoms with Crippen LogP contribution in [0.3, 0.4) is 0 Å². The molecule has 0 atom stereocenters. The van der Waals surface area contributed by atoms with Crippen LogP contribution in [0, 0.1) is 0 Å². The molecule has 0 spiro atoms. The largest absolute Gasteiger partial charge is 0.483 e. The van der Waals surface area contributed by atoms with E-state index < -0.39 is 0 Å². The van der Waals surface area contributed by atoms with Crippen LogP contribution in [0.25, 0.3) is 10.8 Å². The second-order valence-electron chi connectivity index (χ2n) is 5.65. The van der Waals surface area contributed by atoms with Crippen molar-refractivity contribution in [3.8, 4) is 5.75 Å². The van der Waals surface area contributed by atoms with E-state index in [1.807, 2.05) is 66.7 Å². The Labute approximate surface area is 147 Å². The number of hydrogen-bond donors (Lipinski definition) is 1. The third kappa shape index (κ3) is 4.44. The average molecular weight is 332 g/mol. The van der Waals surface area contributed by atoms with E-state index in [9.17, 15) is 4.79 Å². The van der Waals surface area contributed by atoms with Gasteiger partial charge in [-0.05, 0) is 29.0 Å². The first-order valence-corrected chi connectivity index (χ1v) is 8.27. The van der Waals surface area contributed by atoms with Crippen molar-refractivity contribution in [3.63, 3.8) is 0 Å². The number of nitrogens with one attached hydrogen (secondary N) is 1. The number of carbonyl (C=O) groups is 1. The first-order valence-electron chi connectivity index (χ1n) is 8.27. The molecule has 1 amide bonds. The minimum absolute atomic E-state index is 0.0832. The number of rotatable bonds is 6. The van der Waals surface area contributed by atoms with Crippen LogP contribution >= 0.6 is 0 Å². The van der Waals surface area contributed by atoms with Gasteiger partial charge in [-0.1, -0.05) is 67.6 Å². The Morgan fingerprint density at radius 2 is 1.80 bits per heavy atom. The summed E-state index contributed by atoms with van der Waals surface area (Å²) in [4.78, 5) is 11.9. The number of ether oxygens (including phenoxy) is 1. The van der Waals surface area contributed by atoms with Crippen LogP contribution in [0.5, 0.6) is 5.75 Å². The Bertz CT molecular complexity index is 881. The molecule has 4 heteroatoms. The summed E-state index contributed by atoms with van der Waals surface area (Å²) in [5, 5.41) is 6.03. The second kappa shape index (κ2) is 8.11. The molecule has 0 aromatic heterocycles. The summed E-state index contributed by atoms with van der Waals surface area (Å²) in [5.41, 5.74) is 4.69. The fourth-order valence-electron chi connectivity index (χ4n) is 2.52. The fraction of sp³-hybridized carbons (Fsp3) is 0.143. The molecule has 4 nitrogen and oxygen atoms in total. The van der Waals surface area contributed by atoms with Gasteiger partial charge in [0, 0.05) is 5.39 Å². The molecule has 0 aliphatic rings. The van der Waals surface area contributed by atoms with E-state index in [0.29, 0.717) is 5.75 Å². The van der Waals surface area contributed by atoms with E-state index in [1.165, 1.54) is 5.56 Å². The minimum atomic E-state index is -0.297. The third-order valence-corrected chi connectivity index (χ3v) is 3.90. The Morgan fingerprint density at radius 3 is 2.60 bits per heavy atom. The van der Waals surface area contributed by atoms with Crippen molar-refractivity contribution in [1.82, 2.24) is 5.43 Å². The van der Waals surface area contributed by atoms with E-state index in [-0.39, 0.29) is 12.5 Å². The second-order valence-corrected chi connectivity index (χ2v) is 5.65. The molecule has 0 unspecified atom stereocenters. The lowest BCUT2D eigenvalue weighted by Gasteiger charge is -2.08. The minimum Gasteiger partial charge on any atom is -0.483 e. The Hall–Kier alpha value is -3.14. The summed E-state index contributed by atoms with van der Waals surface area (Å²) in [7, 11) is 0. The van der Waals surface area contributed by atoms with Gasteiger partial charge in [-0.25, -0.2) is 5.43 Å². The predicted octanol–water partition coefficient (Wildman–Crippen LogP) is 3.93. The first kappa shape index (κ1) is 16.7. The maximum Gasteiger partial charge on any atom is 0.277 e. The topological polar surface area (TPSA) is 50.7 Å². The van der Waals surface area contributed by atoms with Crippen LogP contribution in [0.4, 0.5) is 0 Å². The highest BCUT2D eigenvalue weighted by molar-refractivity contribution is 5.89. The number of hydrogen-bond acceptors (Lipinski definition) is 3. The highest BCUT2D eigenvalue weighted by Gasteiger charge is 2.04. The average Bonchev–Trinajstić information content (AvgIpc) is 2.67. The van der Waals surface area contributed by atoms with Gasteiger partial charge in [-0.2, -0.15) is 5.10 Å². The zero-order valence-corrected chi connectivity index (χ0v) is 14.1. The molecule has 0 saturated heterocycles. The van der Waals surface area contributed by atoms with Crippen molar-refractivity contribution in [1.29, 1.82) is 0 Å². The van der Waals surface area contributed by atoms with Crippen LogP contribution in [0.15, 0.2) is 71.8 Å². The zero-order chi connectivity index (χ0) is 17.5. The summed E-state index contributed by atoms with van der Waals surface area (Å²) in [6.45, 7) is 2.03. The standard InChI is InChI=1S/C21H20N2O2/c1-2-16-10-12-17(13-11-16)14-22-23-21(24)15-25-20-9-5-7-18-6-3-4-8-19(18)20/h3-14H,2,15H2,1H3,(H,23,24)/b22-14+. The lowest BCUT2D eigenvalue weighted by molar-refractivity contribution is -0.123. The van der Waals surface area contributed by atoms with Gasteiger partial charge in [0.25, 0.3) is 5.91 Å². The number of amides is 1. The van der Waals surface area contributed by atoms with Gasteiger partial charge in [0.05, 0.1) is 6.21 Å². The summed E-state index contributed by atoms with van der Waals surface area (Å²) in [6.07, 6.45) is 2.62. The van der Waals surface area contributed by atoms with E-state index in [4.69, 9.17) is 4.74 Å². The molecular weight excluding hydrogens is 312 g/mol. The van der Waals surface area contributed by atoms with E-state index in [1.54, 1.807) is 6.21 Å².